The predicted octanol–water partition coefficient (Wildman–Crippen LogP) is 5.97. The van der Waals surface area contributed by atoms with Gasteiger partial charge in [0.05, 0.1) is 33.0 Å². The van der Waals surface area contributed by atoms with Crippen LogP contribution < -0.4 is 4.74 Å². The normalized spacial score (nSPS) is 23.6. The van der Waals surface area contributed by atoms with Gasteiger partial charge in [0.1, 0.15) is 24.1 Å². The summed E-state index contributed by atoms with van der Waals surface area (Å²) in [4.78, 5) is 0. The third-order valence-corrected chi connectivity index (χ3v) is 11.3. The monoisotopic (exact) mass is 472 g/mol. The maximum atomic E-state index is 6.51. The van der Waals surface area contributed by atoms with E-state index in [0.717, 1.165) is 16.9 Å². The van der Waals surface area contributed by atoms with E-state index < -0.39 is 8.32 Å². The van der Waals surface area contributed by atoms with Crippen molar-refractivity contribution in [2.75, 3.05) is 13.7 Å². The van der Waals surface area contributed by atoms with Crippen LogP contribution in [-0.4, -0.2) is 46.4 Å². The summed E-state index contributed by atoms with van der Waals surface area (Å²) in [6.45, 7) is 14.9. The Kier molecular flexibility index (Phi) is 8.75. The Morgan fingerprint density at radius 2 is 1.42 bits per heavy atom. The third-order valence-electron chi connectivity index (χ3n) is 6.84. The van der Waals surface area contributed by atoms with Crippen LogP contribution in [-0.2, 0) is 31.9 Å². The van der Waals surface area contributed by atoms with Crippen LogP contribution in [0.2, 0.25) is 18.1 Å². The molecule has 1 fully saturated rings. The second kappa shape index (κ2) is 11.1. The second-order valence-electron chi connectivity index (χ2n) is 10.3. The summed E-state index contributed by atoms with van der Waals surface area (Å²) in [6, 6.07) is 18.2. The van der Waals surface area contributed by atoms with Crippen molar-refractivity contribution in [2.45, 2.75) is 83.5 Å². The van der Waals surface area contributed by atoms with Crippen LogP contribution in [0.4, 0.5) is 0 Å². The van der Waals surface area contributed by atoms with Gasteiger partial charge in [-0.2, -0.15) is 0 Å². The van der Waals surface area contributed by atoms with Gasteiger partial charge in [-0.15, -0.1) is 0 Å². The number of hydrogen-bond acceptors (Lipinski definition) is 5. The lowest BCUT2D eigenvalue weighted by Crippen LogP contribution is -2.45. The maximum absolute atomic E-state index is 6.51. The van der Waals surface area contributed by atoms with E-state index in [9.17, 15) is 0 Å². The summed E-state index contributed by atoms with van der Waals surface area (Å²) < 4.78 is 30.9. The van der Waals surface area contributed by atoms with Gasteiger partial charge < -0.3 is 23.4 Å². The number of hydrogen-bond donors (Lipinski definition) is 0. The molecule has 0 unspecified atom stereocenters. The Morgan fingerprint density at radius 1 is 0.848 bits per heavy atom. The number of rotatable bonds is 10. The molecule has 3 rings (SSSR count). The third kappa shape index (κ3) is 6.90. The highest BCUT2D eigenvalue weighted by Gasteiger charge is 2.46. The van der Waals surface area contributed by atoms with Gasteiger partial charge in [-0.3, -0.25) is 0 Å². The Labute approximate surface area is 200 Å². The van der Waals surface area contributed by atoms with Gasteiger partial charge in [0.2, 0.25) is 0 Å². The lowest BCUT2D eigenvalue weighted by molar-refractivity contribution is -0.0820. The molecule has 0 aliphatic carbocycles. The molecular formula is C27H40O5Si. The Morgan fingerprint density at radius 3 is 2.00 bits per heavy atom. The number of methoxy groups -OCH3 is 1. The van der Waals surface area contributed by atoms with Crippen LogP contribution in [0.25, 0.3) is 0 Å². The van der Waals surface area contributed by atoms with Crippen LogP contribution in [0.3, 0.4) is 0 Å². The van der Waals surface area contributed by atoms with E-state index in [1.165, 1.54) is 0 Å². The largest absolute Gasteiger partial charge is 0.497 e. The van der Waals surface area contributed by atoms with Crippen LogP contribution in [0.5, 0.6) is 5.75 Å². The van der Waals surface area contributed by atoms with Crippen molar-refractivity contribution in [3.05, 3.63) is 65.7 Å². The van der Waals surface area contributed by atoms with Crippen LogP contribution >= 0.6 is 0 Å². The average Bonchev–Trinajstić information content (AvgIpc) is 3.09. The predicted molar refractivity (Wildman–Crippen MR) is 134 cm³/mol. The van der Waals surface area contributed by atoms with Gasteiger partial charge in [0, 0.05) is 0 Å². The minimum Gasteiger partial charge on any atom is -0.497 e. The Bertz CT molecular complexity index is 847. The molecular weight excluding hydrogens is 432 g/mol. The smallest absolute Gasteiger partial charge is 0.192 e. The van der Waals surface area contributed by atoms with E-state index in [0.29, 0.717) is 19.8 Å². The molecule has 2 aromatic carbocycles. The van der Waals surface area contributed by atoms with E-state index in [1.54, 1.807) is 7.11 Å². The van der Waals surface area contributed by atoms with Gasteiger partial charge in [-0.25, -0.2) is 0 Å². The minimum atomic E-state index is -1.90. The van der Waals surface area contributed by atoms with E-state index in [-0.39, 0.29) is 29.5 Å². The van der Waals surface area contributed by atoms with Crippen molar-refractivity contribution in [1.82, 2.24) is 0 Å². The molecule has 6 heteroatoms. The zero-order valence-electron chi connectivity index (χ0n) is 21.2. The van der Waals surface area contributed by atoms with E-state index in [2.05, 4.69) is 52.9 Å². The average molecular weight is 473 g/mol. The lowest BCUT2D eigenvalue weighted by atomic mass is 10.1. The fraction of sp³-hybridized carbons (Fsp3) is 0.556. The number of ether oxygens (including phenoxy) is 4. The molecule has 0 radical (unpaired) electrons. The molecule has 0 aromatic heterocycles. The van der Waals surface area contributed by atoms with Crippen molar-refractivity contribution in [1.29, 1.82) is 0 Å². The molecule has 33 heavy (non-hydrogen) atoms. The SMILES string of the molecule is COc1ccc(CO[C@@H]2[C@@H](OCc3ccccc3)[C@@H](C)O[C@@H]2CO[Si](C)(C)C(C)(C)C)cc1. The van der Waals surface area contributed by atoms with Gasteiger partial charge >= 0.3 is 0 Å². The first-order valence-corrected chi connectivity index (χ1v) is 14.7. The van der Waals surface area contributed by atoms with E-state index >= 15 is 0 Å². The van der Waals surface area contributed by atoms with Crippen molar-refractivity contribution >= 4 is 8.32 Å². The lowest BCUT2D eigenvalue weighted by Gasteiger charge is -2.37. The number of benzene rings is 2. The second-order valence-corrected chi connectivity index (χ2v) is 15.1. The Balaban J connectivity index is 1.70. The highest BCUT2D eigenvalue weighted by molar-refractivity contribution is 6.74. The standard InChI is InChI=1S/C27H40O5Si/c1-20-25(29-17-21-11-9-8-10-12-21)26(30-18-22-13-15-23(28-5)16-14-22)24(32-20)19-31-33(6,7)27(2,3)4/h8-16,20,24-26H,17-19H2,1-7H3/t20-,24-,25+,26+/m1/s1. The summed E-state index contributed by atoms with van der Waals surface area (Å²) in [7, 11) is -0.234. The van der Waals surface area contributed by atoms with Crippen molar-refractivity contribution in [3.63, 3.8) is 0 Å². The molecule has 1 heterocycles. The first-order valence-electron chi connectivity index (χ1n) is 11.8. The van der Waals surface area contributed by atoms with Gasteiger partial charge in [-0.05, 0) is 48.3 Å². The molecule has 182 valence electrons. The molecule has 4 atom stereocenters. The fourth-order valence-corrected chi connectivity index (χ4v) is 4.68. The van der Waals surface area contributed by atoms with Crippen LogP contribution in [0.15, 0.2) is 54.6 Å². The summed E-state index contributed by atoms with van der Waals surface area (Å²) >= 11 is 0. The molecule has 1 saturated heterocycles. The van der Waals surface area contributed by atoms with Crippen molar-refractivity contribution < 1.29 is 23.4 Å². The Hall–Kier alpha value is -1.70. The highest BCUT2D eigenvalue weighted by atomic mass is 28.4. The van der Waals surface area contributed by atoms with Gasteiger partial charge in [0.15, 0.2) is 8.32 Å². The fourth-order valence-electron chi connectivity index (χ4n) is 3.66. The molecule has 1 aliphatic heterocycles. The highest BCUT2D eigenvalue weighted by Crippen LogP contribution is 2.37. The first-order chi connectivity index (χ1) is 15.6. The summed E-state index contributed by atoms with van der Waals surface area (Å²) in [5, 5.41) is 0.139. The zero-order chi connectivity index (χ0) is 24.1. The topological polar surface area (TPSA) is 46.2 Å². The molecule has 0 saturated carbocycles. The molecule has 0 spiro atoms. The molecule has 0 N–H and O–H groups in total. The molecule has 0 amide bonds. The maximum Gasteiger partial charge on any atom is 0.192 e. The minimum absolute atomic E-state index is 0.0809. The summed E-state index contributed by atoms with van der Waals surface area (Å²) in [5.74, 6) is 0.835. The quantitative estimate of drug-likeness (QED) is 0.398. The summed E-state index contributed by atoms with van der Waals surface area (Å²) in [5.41, 5.74) is 2.22. The zero-order valence-corrected chi connectivity index (χ0v) is 22.2. The summed E-state index contributed by atoms with van der Waals surface area (Å²) in [6.07, 6.45) is -0.636. The van der Waals surface area contributed by atoms with Crippen LogP contribution in [0, 0.1) is 0 Å². The molecule has 0 bridgehead atoms. The van der Waals surface area contributed by atoms with E-state index in [1.807, 2.05) is 42.5 Å². The van der Waals surface area contributed by atoms with Gasteiger partial charge in [0.25, 0.3) is 0 Å². The molecule has 1 aliphatic rings. The molecule has 5 nitrogen and oxygen atoms in total. The van der Waals surface area contributed by atoms with E-state index in [4.69, 9.17) is 23.4 Å². The van der Waals surface area contributed by atoms with Crippen LogP contribution in [0.1, 0.15) is 38.8 Å². The first kappa shape index (κ1) is 25.9. The van der Waals surface area contributed by atoms with Crippen molar-refractivity contribution in [2.24, 2.45) is 0 Å². The molecule has 2 aromatic rings. The van der Waals surface area contributed by atoms with Crippen molar-refractivity contribution in [3.8, 4) is 5.75 Å². The van der Waals surface area contributed by atoms with Gasteiger partial charge in [-0.1, -0.05) is 63.2 Å².